The third-order valence-electron chi connectivity index (χ3n) is 4.65. The molecular weight excluding hydrogens is 435 g/mol. The number of anilines is 1. The fraction of sp³-hybridized carbons (Fsp3) is 0.0455. The Bertz CT molecular complexity index is 1420. The summed E-state index contributed by atoms with van der Waals surface area (Å²) in [4.78, 5) is 15.2. The number of aromatic hydroxyl groups is 1. The van der Waals surface area contributed by atoms with Crippen LogP contribution in [0.5, 0.6) is 5.88 Å². The Balaban J connectivity index is 1.68. The van der Waals surface area contributed by atoms with Gasteiger partial charge in [-0.05, 0) is 30.3 Å². The first kappa shape index (κ1) is 21.2. The van der Waals surface area contributed by atoms with Gasteiger partial charge in [-0.1, -0.05) is 48.5 Å². The van der Waals surface area contributed by atoms with Crippen molar-refractivity contribution in [3.05, 3.63) is 84.7 Å². The lowest BCUT2D eigenvalue weighted by atomic mass is 10.2. The van der Waals surface area contributed by atoms with E-state index in [-0.39, 0.29) is 22.2 Å². The first-order chi connectivity index (χ1) is 15.4. The minimum atomic E-state index is -4.27. The van der Waals surface area contributed by atoms with Gasteiger partial charge in [-0.3, -0.25) is 9.10 Å². The maximum atomic E-state index is 14.5. The Labute approximate surface area is 182 Å². The Morgan fingerprint density at radius 1 is 0.969 bits per heavy atom. The first-order valence-corrected chi connectivity index (χ1v) is 10.9. The molecule has 1 amide bonds. The molecule has 0 fully saturated rings. The van der Waals surface area contributed by atoms with Gasteiger partial charge >= 0.3 is 0 Å². The van der Waals surface area contributed by atoms with Crippen LogP contribution in [0.4, 0.5) is 15.8 Å². The number of carbonyl (C=O) groups excluding carboxylic acids is 1. The Hall–Kier alpha value is -4.05. The van der Waals surface area contributed by atoms with Gasteiger partial charge in [-0.15, -0.1) is 10.2 Å². The molecule has 10 heteroatoms. The molecule has 0 atom stereocenters. The number of benzene rings is 3. The van der Waals surface area contributed by atoms with Crippen LogP contribution in [0.15, 0.2) is 94.0 Å². The molecule has 162 valence electrons. The number of amides is 1. The van der Waals surface area contributed by atoms with Gasteiger partial charge < -0.3 is 10.1 Å². The van der Waals surface area contributed by atoms with Crippen LogP contribution < -0.4 is 4.31 Å². The summed E-state index contributed by atoms with van der Waals surface area (Å²) in [6.45, 7) is -0.787. The normalized spacial score (nSPS) is 11.8. The second-order valence-corrected chi connectivity index (χ2v) is 8.60. The van der Waals surface area contributed by atoms with E-state index in [0.29, 0.717) is 15.2 Å². The van der Waals surface area contributed by atoms with Gasteiger partial charge in [0.15, 0.2) is 5.69 Å². The summed E-state index contributed by atoms with van der Waals surface area (Å²) < 4.78 is 41.5. The lowest BCUT2D eigenvalue weighted by Crippen LogP contribution is -2.35. The Morgan fingerprint density at radius 3 is 2.38 bits per heavy atom. The van der Waals surface area contributed by atoms with E-state index >= 15 is 0 Å². The number of fused-ring (bicyclic) bond motifs is 1. The van der Waals surface area contributed by atoms with Gasteiger partial charge in [-0.2, -0.15) is 0 Å². The second kappa shape index (κ2) is 8.60. The zero-order valence-corrected chi connectivity index (χ0v) is 17.3. The molecule has 0 saturated heterocycles. The number of nitrogens with zero attached hydrogens (tertiary/aromatic N) is 3. The lowest BCUT2D eigenvalue weighted by Gasteiger charge is -2.23. The molecule has 3 aromatic carbocycles. The standard InChI is InChI=1S/C22H17FN4O4S/c23-17-11-5-7-13-19(17)27(32(30,31)15-8-2-1-3-9-15)14-20(28)25-26-21-16-10-4-6-12-18(16)24-22(21)29/h1-13,24,29H,14H2. The topological polar surface area (TPSA) is 115 Å². The number of aromatic amines is 1. The maximum Gasteiger partial charge on any atom is 0.285 e. The van der Waals surface area contributed by atoms with Gasteiger partial charge in [0.2, 0.25) is 5.88 Å². The van der Waals surface area contributed by atoms with E-state index in [1.807, 2.05) is 0 Å². The average Bonchev–Trinajstić information content (AvgIpc) is 3.12. The second-order valence-electron chi connectivity index (χ2n) is 6.74. The number of hydrogen-bond donors (Lipinski definition) is 2. The number of carbonyl (C=O) groups is 1. The molecule has 0 radical (unpaired) electrons. The van der Waals surface area contributed by atoms with Crippen LogP contribution in [0.2, 0.25) is 0 Å². The summed E-state index contributed by atoms with van der Waals surface area (Å²) in [6.07, 6.45) is 0. The summed E-state index contributed by atoms with van der Waals surface area (Å²) in [6, 6.07) is 19.5. The van der Waals surface area contributed by atoms with E-state index in [1.54, 1.807) is 30.3 Å². The highest BCUT2D eigenvalue weighted by molar-refractivity contribution is 7.92. The molecule has 4 rings (SSSR count). The van der Waals surface area contributed by atoms with Crippen molar-refractivity contribution in [2.24, 2.45) is 10.2 Å². The minimum absolute atomic E-state index is 0.0392. The molecule has 1 aromatic heterocycles. The summed E-state index contributed by atoms with van der Waals surface area (Å²) in [7, 11) is -4.27. The van der Waals surface area contributed by atoms with Crippen LogP contribution >= 0.6 is 0 Å². The largest absolute Gasteiger partial charge is 0.493 e. The van der Waals surface area contributed by atoms with E-state index in [0.717, 1.165) is 6.07 Å². The summed E-state index contributed by atoms with van der Waals surface area (Å²) >= 11 is 0. The molecule has 8 nitrogen and oxygen atoms in total. The summed E-state index contributed by atoms with van der Waals surface area (Å²) in [5.41, 5.74) is 0.332. The molecule has 0 aliphatic heterocycles. The first-order valence-electron chi connectivity index (χ1n) is 9.44. The van der Waals surface area contributed by atoms with Gasteiger partial charge in [0.05, 0.1) is 16.1 Å². The number of sulfonamides is 1. The molecule has 0 aliphatic rings. The third-order valence-corrected chi connectivity index (χ3v) is 6.43. The predicted octanol–water partition coefficient (Wildman–Crippen LogP) is 4.52. The van der Waals surface area contributed by atoms with Crippen molar-refractivity contribution in [2.75, 3.05) is 10.8 Å². The van der Waals surface area contributed by atoms with Gasteiger partial charge in [0, 0.05) is 5.39 Å². The molecule has 2 N–H and O–H groups in total. The number of aromatic nitrogens is 1. The number of para-hydroxylation sites is 2. The quantitative estimate of drug-likeness (QED) is 0.419. The Morgan fingerprint density at radius 2 is 1.62 bits per heavy atom. The maximum absolute atomic E-state index is 14.5. The molecule has 1 heterocycles. The Kier molecular flexibility index (Phi) is 5.69. The smallest absolute Gasteiger partial charge is 0.285 e. The van der Waals surface area contributed by atoms with E-state index in [4.69, 9.17) is 0 Å². The van der Waals surface area contributed by atoms with Gasteiger partial charge in [0.1, 0.15) is 12.4 Å². The molecule has 0 aliphatic carbocycles. The lowest BCUT2D eigenvalue weighted by molar-refractivity contribution is -0.116. The minimum Gasteiger partial charge on any atom is -0.493 e. The van der Waals surface area contributed by atoms with Crippen molar-refractivity contribution in [1.29, 1.82) is 0 Å². The molecule has 0 spiro atoms. The van der Waals surface area contributed by atoms with Crippen LogP contribution in [-0.4, -0.2) is 31.0 Å². The van der Waals surface area contributed by atoms with Crippen molar-refractivity contribution < 1.29 is 22.7 Å². The van der Waals surface area contributed by atoms with Crippen LogP contribution in [-0.2, 0) is 14.8 Å². The van der Waals surface area contributed by atoms with Gasteiger partial charge in [0.25, 0.3) is 15.9 Å². The van der Waals surface area contributed by atoms with Crippen LogP contribution in [0.1, 0.15) is 0 Å². The molecule has 0 bridgehead atoms. The van der Waals surface area contributed by atoms with Crippen molar-refractivity contribution in [2.45, 2.75) is 4.90 Å². The highest BCUT2D eigenvalue weighted by Gasteiger charge is 2.29. The molecule has 32 heavy (non-hydrogen) atoms. The highest BCUT2D eigenvalue weighted by atomic mass is 32.2. The number of rotatable bonds is 6. The van der Waals surface area contributed by atoms with Crippen molar-refractivity contribution in [3.63, 3.8) is 0 Å². The van der Waals surface area contributed by atoms with Gasteiger partial charge in [-0.25, -0.2) is 12.8 Å². The molecule has 0 saturated carbocycles. The monoisotopic (exact) mass is 452 g/mol. The van der Waals surface area contributed by atoms with E-state index < -0.39 is 28.3 Å². The number of nitrogens with one attached hydrogen (secondary N) is 1. The predicted molar refractivity (Wildman–Crippen MR) is 117 cm³/mol. The van der Waals surface area contributed by atoms with Crippen LogP contribution in [0.3, 0.4) is 0 Å². The van der Waals surface area contributed by atoms with Crippen molar-refractivity contribution in [1.82, 2.24) is 4.98 Å². The van der Waals surface area contributed by atoms with Crippen LogP contribution in [0.25, 0.3) is 10.9 Å². The SMILES string of the molecule is O=C(CN(c1ccccc1F)S(=O)(=O)c1ccccc1)N=Nc1c(O)[nH]c2ccccc12. The zero-order valence-electron chi connectivity index (χ0n) is 16.5. The third kappa shape index (κ3) is 4.08. The average molecular weight is 452 g/mol. The molecular formula is C22H17FN4O4S. The van der Waals surface area contributed by atoms with Crippen molar-refractivity contribution in [3.8, 4) is 5.88 Å². The van der Waals surface area contributed by atoms with Crippen LogP contribution in [0, 0.1) is 5.82 Å². The zero-order chi connectivity index (χ0) is 22.7. The number of H-pyrrole nitrogens is 1. The van der Waals surface area contributed by atoms with E-state index in [9.17, 15) is 22.7 Å². The fourth-order valence-corrected chi connectivity index (χ4v) is 4.59. The summed E-state index contributed by atoms with van der Waals surface area (Å²) in [5.74, 6) is -2.05. The van der Waals surface area contributed by atoms with E-state index in [2.05, 4.69) is 15.2 Å². The summed E-state index contributed by atoms with van der Waals surface area (Å²) in [5, 5.41) is 17.9. The van der Waals surface area contributed by atoms with Crippen molar-refractivity contribution >= 4 is 38.2 Å². The molecule has 4 aromatic rings. The highest BCUT2D eigenvalue weighted by Crippen LogP contribution is 2.35. The molecule has 0 unspecified atom stereocenters. The van der Waals surface area contributed by atoms with E-state index in [1.165, 1.54) is 42.5 Å². The number of halogens is 1. The number of azo groups is 1. The fourth-order valence-electron chi connectivity index (χ4n) is 3.15. The number of hydrogen-bond acceptors (Lipinski definition) is 5.